The van der Waals surface area contributed by atoms with E-state index < -0.39 is 5.79 Å². The van der Waals surface area contributed by atoms with Crippen molar-refractivity contribution in [3.8, 4) is 11.5 Å². The molecule has 0 unspecified atom stereocenters. The summed E-state index contributed by atoms with van der Waals surface area (Å²) in [7, 11) is 0. The summed E-state index contributed by atoms with van der Waals surface area (Å²) in [4.78, 5) is 12.1. The van der Waals surface area contributed by atoms with E-state index in [-0.39, 0.29) is 12.3 Å². The SMILES string of the molecule is CCOc1cc(/C=N\NC(=O)CC2(C)OCCO2)cc(I)c1OCc1ccc(Br)cc1. The third-order valence-corrected chi connectivity index (χ3v) is 5.74. The van der Waals surface area contributed by atoms with Crippen molar-refractivity contribution in [2.45, 2.75) is 32.7 Å². The van der Waals surface area contributed by atoms with Gasteiger partial charge in [-0.25, -0.2) is 5.43 Å². The van der Waals surface area contributed by atoms with Gasteiger partial charge in [0.1, 0.15) is 6.61 Å². The van der Waals surface area contributed by atoms with Gasteiger partial charge in [0.15, 0.2) is 17.3 Å². The van der Waals surface area contributed by atoms with Gasteiger partial charge in [0.25, 0.3) is 0 Å². The maximum Gasteiger partial charge on any atom is 0.245 e. The van der Waals surface area contributed by atoms with Gasteiger partial charge in [-0.1, -0.05) is 28.1 Å². The minimum Gasteiger partial charge on any atom is -0.490 e. The van der Waals surface area contributed by atoms with Crippen molar-refractivity contribution in [2.75, 3.05) is 19.8 Å². The summed E-state index contributed by atoms with van der Waals surface area (Å²) >= 11 is 5.64. The Morgan fingerprint density at radius 3 is 2.65 bits per heavy atom. The molecule has 1 saturated heterocycles. The van der Waals surface area contributed by atoms with Crippen LogP contribution < -0.4 is 14.9 Å². The van der Waals surface area contributed by atoms with Gasteiger partial charge < -0.3 is 18.9 Å². The average Bonchev–Trinajstić information content (AvgIpc) is 3.14. The number of hydrogen-bond donors (Lipinski definition) is 1. The summed E-state index contributed by atoms with van der Waals surface area (Å²) in [5.74, 6) is 0.134. The van der Waals surface area contributed by atoms with Crippen LogP contribution in [0.3, 0.4) is 0 Å². The first-order valence-corrected chi connectivity index (χ1v) is 11.7. The first-order valence-electron chi connectivity index (χ1n) is 9.82. The Morgan fingerprint density at radius 1 is 1.26 bits per heavy atom. The summed E-state index contributed by atoms with van der Waals surface area (Å²) < 4.78 is 24.6. The molecule has 0 aromatic heterocycles. The van der Waals surface area contributed by atoms with Gasteiger partial charge in [-0.2, -0.15) is 5.10 Å². The Morgan fingerprint density at radius 2 is 1.97 bits per heavy atom. The van der Waals surface area contributed by atoms with Gasteiger partial charge in [0.2, 0.25) is 5.91 Å². The Balaban J connectivity index is 1.65. The van der Waals surface area contributed by atoms with Crippen molar-refractivity contribution in [1.29, 1.82) is 0 Å². The van der Waals surface area contributed by atoms with Crippen LogP contribution in [0.15, 0.2) is 46.0 Å². The minimum atomic E-state index is -0.884. The Kier molecular flexibility index (Phi) is 8.70. The molecule has 7 nitrogen and oxygen atoms in total. The Bertz CT molecular complexity index is 930. The molecule has 0 bridgehead atoms. The van der Waals surface area contributed by atoms with Crippen LogP contribution in [0.1, 0.15) is 31.4 Å². The number of hydrazone groups is 1. The van der Waals surface area contributed by atoms with E-state index in [0.29, 0.717) is 37.9 Å². The molecule has 0 saturated carbocycles. The maximum atomic E-state index is 12.1. The summed E-state index contributed by atoms with van der Waals surface area (Å²) in [6.45, 7) is 5.56. The van der Waals surface area contributed by atoms with E-state index in [1.165, 1.54) is 0 Å². The molecule has 0 atom stereocenters. The number of amides is 1. The molecule has 166 valence electrons. The molecule has 2 aromatic carbocycles. The van der Waals surface area contributed by atoms with E-state index in [1.807, 2.05) is 43.3 Å². The number of rotatable bonds is 9. The van der Waals surface area contributed by atoms with Gasteiger partial charge in [0.05, 0.1) is 36.0 Å². The predicted octanol–water partition coefficient (Wildman–Crippen LogP) is 4.63. The quantitative estimate of drug-likeness (QED) is 0.257. The first-order chi connectivity index (χ1) is 14.9. The van der Waals surface area contributed by atoms with Crippen LogP contribution in [-0.4, -0.2) is 37.7 Å². The van der Waals surface area contributed by atoms with E-state index in [1.54, 1.807) is 13.1 Å². The number of carbonyl (C=O) groups excluding carboxylic acids is 1. The molecular formula is C22H24BrIN2O5. The molecule has 0 spiro atoms. The van der Waals surface area contributed by atoms with Gasteiger partial charge in [0, 0.05) is 4.47 Å². The molecule has 1 amide bonds. The van der Waals surface area contributed by atoms with Crippen molar-refractivity contribution < 1.29 is 23.7 Å². The summed E-state index contributed by atoms with van der Waals surface area (Å²) in [5, 5.41) is 4.05. The number of halogens is 2. The number of benzene rings is 2. The van der Waals surface area contributed by atoms with E-state index in [2.05, 4.69) is 49.0 Å². The van der Waals surface area contributed by atoms with Crippen LogP contribution in [-0.2, 0) is 20.9 Å². The number of nitrogens with one attached hydrogen (secondary N) is 1. The molecule has 1 N–H and O–H groups in total. The topological polar surface area (TPSA) is 78.4 Å². The fourth-order valence-electron chi connectivity index (χ4n) is 2.97. The second-order valence-corrected chi connectivity index (χ2v) is 9.06. The van der Waals surface area contributed by atoms with Gasteiger partial charge >= 0.3 is 0 Å². The second-order valence-electron chi connectivity index (χ2n) is 6.98. The van der Waals surface area contributed by atoms with Crippen molar-refractivity contribution in [2.24, 2.45) is 5.10 Å². The first kappa shape index (κ1) is 24.0. The summed E-state index contributed by atoms with van der Waals surface area (Å²) in [5.41, 5.74) is 4.35. The van der Waals surface area contributed by atoms with Crippen LogP contribution in [0, 0.1) is 3.57 Å². The molecule has 1 fully saturated rings. The highest BCUT2D eigenvalue weighted by molar-refractivity contribution is 14.1. The summed E-state index contributed by atoms with van der Waals surface area (Å²) in [6.07, 6.45) is 1.65. The fourth-order valence-corrected chi connectivity index (χ4v) is 4.02. The molecule has 31 heavy (non-hydrogen) atoms. The molecule has 9 heteroatoms. The lowest BCUT2D eigenvalue weighted by molar-refractivity contribution is -0.159. The fraction of sp³-hybridized carbons (Fsp3) is 0.364. The molecule has 1 aliphatic heterocycles. The van der Waals surface area contributed by atoms with Crippen molar-refractivity contribution >= 4 is 50.6 Å². The largest absolute Gasteiger partial charge is 0.490 e. The maximum absolute atomic E-state index is 12.1. The molecule has 3 rings (SSSR count). The highest BCUT2D eigenvalue weighted by Crippen LogP contribution is 2.34. The Labute approximate surface area is 203 Å². The number of ether oxygens (including phenoxy) is 4. The van der Waals surface area contributed by atoms with Gasteiger partial charge in [-0.05, 0) is 71.8 Å². The standard InChI is InChI=1S/C22H24BrIN2O5/c1-3-28-19-11-16(13-25-26-20(27)12-22(2)30-8-9-31-22)10-18(24)21(19)29-14-15-4-6-17(23)7-5-15/h4-7,10-11,13H,3,8-9,12,14H2,1-2H3,(H,26,27)/b25-13-. The molecular weight excluding hydrogens is 579 g/mol. The lowest BCUT2D eigenvalue weighted by Crippen LogP contribution is -2.33. The number of hydrogen-bond acceptors (Lipinski definition) is 6. The van der Waals surface area contributed by atoms with Crippen molar-refractivity contribution in [3.63, 3.8) is 0 Å². The van der Waals surface area contributed by atoms with Crippen molar-refractivity contribution in [3.05, 3.63) is 55.6 Å². The van der Waals surface area contributed by atoms with Crippen LogP contribution in [0.4, 0.5) is 0 Å². The zero-order chi connectivity index (χ0) is 22.3. The highest BCUT2D eigenvalue weighted by atomic mass is 127. The van der Waals surface area contributed by atoms with Crippen LogP contribution in [0.25, 0.3) is 0 Å². The molecule has 1 aliphatic rings. The van der Waals surface area contributed by atoms with Crippen LogP contribution in [0.5, 0.6) is 11.5 Å². The molecule has 2 aromatic rings. The van der Waals surface area contributed by atoms with E-state index in [0.717, 1.165) is 19.2 Å². The van der Waals surface area contributed by atoms with E-state index >= 15 is 0 Å². The molecule has 0 radical (unpaired) electrons. The summed E-state index contributed by atoms with van der Waals surface area (Å²) in [6, 6.07) is 11.7. The number of nitrogens with zero attached hydrogens (tertiary/aromatic N) is 1. The number of carbonyl (C=O) groups is 1. The lowest BCUT2D eigenvalue weighted by atomic mass is 10.2. The zero-order valence-corrected chi connectivity index (χ0v) is 21.1. The predicted molar refractivity (Wildman–Crippen MR) is 129 cm³/mol. The zero-order valence-electron chi connectivity index (χ0n) is 17.3. The van der Waals surface area contributed by atoms with Crippen LogP contribution >= 0.6 is 38.5 Å². The van der Waals surface area contributed by atoms with E-state index in [9.17, 15) is 4.79 Å². The van der Waals surface area contributed by atoms with E-state index in [4.69, 9.17) is 18.9 Å². The third-order valence-electron chi connectivity index (χ3n) is 4.41. The molecule has 0 aliphatic carbocycles. The average molecular weight is 603 g/mol. The second kappa shape index (κ2) is 11.3. The third kappa shape index (κ3) is 7.16. The Hall–Kier alpha value is -1.69. The normalized spacial score (nSPS) is 15.2. The van der Waals surface area contributed by atoms with Crippen molar-refractivity contribution in [1.82, 2.24) is 5.43 Å². The smallest absolute Gasteiger partial charge is 0.245 e. The highest BCUT2D eigenvalue weighted by Gasteiger charge is 2.33. The lowest BCUT2D eigenvalue weighted by Gasteiger charge is -2.20. The monoisotopic (exact) mass is 602 g/mol. The molecule has 1 heterocycles. The van der Waals surface area contributed by atoms with Gasteiger partial charge in [-0.3, -0.25) is 4.79 Å². The van der Waals surface area contributed by atoms with Gasteiger partial charge in [-0.15, -0.1) is 0 Å². The minimum absolute atomic E-state index is 0.0783. The van der Waals surface area contributed by atoms with Crippen LogP contribution in [0.2, 0.25) is 0 Å².